The molecule has 2 aliphatic rings. The Morgan fingerprint density at radius 3 is 2.71 bits per heavy atom. The van der Waals surface area contributed by atoms with Crippen LogP contribution in [0.15, 0.2) is 76.5 Å². The van der Waals surface area contributed by atoms with Gasteiger partial charge in [-0.05, 0) is 54.6 Å². The zero-order valence-corrected chi connectivity index (χ0v) is 23.9. The van der Waals surface area contributed by atoms with Crippen LogP contribution in [0.3, 0.4) is 0 Å². The van der Waals surface area contributed by atoms with Gasteiger partial charge in [-0.1, -0.05) is 24.3 Å². The fraction of sp³-hybridized carbons (Fsp3) is 0.267. The molecule has 4 aromatic rings. The van der Waals surface area contributed by atoms with Crippen molar-refractivity contribution >= 4 is 55.3 Å². The number of rotatable bonds is 6. The maximum absolute atomic E-state index is 12.0. The third kappa shape index (κ3) is 4.91. The normalized spacial score (nSPS) is 20.3. The monoisotopic (exact) mass is 574 g/mol. The quantitative estimate of drug-likeness (QED) is 0.349. The van der Waals surface area contributed by atoms with Crippen molar-refractivity contribution in [2.75, 3.05) is 29.6 Å². The van der Waals surface area contributed by atoms with Gasteiger partial charge in [0.2, 0.25) is 21.5 Å². The van der Waals surface area contributed by atoms with Gasteiger partial charge in [-0.3, -0.25) is 0 Å². The topological polar surface area (TPSA) is 119 Å². The average Bonchev–Trinajstić information content (AvgIpc) is 3.57. The summed E-state index contributed by atoms with van der Waals surface area (Å²) in [5.41, 5.74) is 4.14. The van der Waals surface area contributed by atoms with E-state index in [1.165, 1.54) is 0 Å². The summed E-state index contributed by atoms with van der Waals surface area (Å²) in [5.74, 6) is 0.600. The number of oxazole rings is 1. The van der Waals surface area contributed by atoms with E-state index in [0.717, 1.165) is 39.4 Å². The molecule has 0 spiro atoms. The van der Waals surface area contributed by atoms with Crippen molar-refractivity contribution in [3.63, 3.8) is 0 Å². The van der Waals surface area contributed by atoms with E-state index < -0.39 is 28.1 Å². The molecular formula is C30H30N4O6S. The number of benzene rings is 3. The van der Waals surface area contributed by atoms with Gasteiger partial charge in [-0.25, -0.2) is 13.1 Å². The van der Waals surface area contributed by atoms with E-state index in [9.17, 15) is 18.3 Å². The summed E-state index contributed by atoms with van der Waals surface area (Å²) >= 11 is 0. The minimum atomic E-state index is -3.58. The summed E-state index contributed by atoms with van der Waals surface area (Å²) in [4.78, 5) is 15.5. The van der Waals surface area contributed by atoms with Crippen molar-refractivity contribution in [1.82, 2.24) is 4.72 Å². The Kier molecular flexibility index (Phi) is 6.50. The summed E-state index contributed by atoms with van der Waals surface area (Å²) < 4.78 is 40.3. The van der Waals surface area contributed by atoms with Gasteiger partial charge in [-0.15, -0.1) is 0 Å². The molecule has 0 radical (unpaired) electrons. The highest BCUT2D eigenvalue weighted by Crippen LogP contribution is 2.42. The van der Waals surface area contributed by atoms with Gasteiger partial charge in [0.25, 0.3) is 5.52 Å². The molecular weight excluding hydrogens is 544 g/mol. The molecule has 41 heavy (non-hydrogen) atoms. The van der Waals surface area contributed by atoms with E-state index in [1.54, 1.807) is 17.0 Å². The number of nitrogens with one attached hydrogen (secondary N) is 1. The van der Waals surface area contributed by atoms with Crippen molar-refractivity contribution < 1.29 is 32.0 Å². The number of sulfonamides is 1. The van der Waals surface area contributed by atoms with Gasteiger partial charge in [-0.2, -0.15) is 4.57 Å². The minimum Gasteiger partial charge on any atom is -0.548 e. The molecule has 0 amide bonds. The Hall–Kier alpha value is -4.35. The molecule has 1 N–H and O–H groups in total. The molecule has 2 atom stereocenters. The molecule has 1 aromatic heterocycles. The van der Waals surface area contributed by atoms with Crippen molar-refractivity contribution in [2.45, 2.75) is 25.4 Å². The predicted octanol–water partition coefficient (Wildman–Crippen LogP) is 2.43. The number of carboxylic acids is 1. The SMILES string of the molecule is CC(/C=C1\Oc2ccc(N3CCC(NS(C)(=O)=O)C3C(=O)[O-])cc2N1C)=C\c1oc2ccc3ccccc3c2[n+]1C. The van der Waals surface area contributed by atoms with E-state index in [2.05, 4.69) is 22.9 Å². The summed E-state index contributed by atoms with van der Waals surface area (Å²) in [6.07, 6.45) is 5.23. The first-order chi connectivity index (χ1) is 19.5. The van der Waals surface area contributed by atoms with Crippen LogP contribution in [0.1, 0.15) is 19.2 Å². The second kappa shape index (κ2) is 9.93. The molecule has 1 saturated heterocycles. The van der Waals surface area contributed by atoms with Gasteiger partial charge in [0.1, 0.15) is 7.05 Å². The zero-order valence-electron chi connectivity index (χ0n) is 23.1. The van der Waals surface area contributed by atoms with Gasteiger partial charge >= 0.3 is 5.89 Å². The number of aryl methyl sites for hydroxylation is 1. The Morgan fingerprint density at radius 2 is 1.95 bits per heavy atom. The minimum absolute atomic E-state index is 0.347. The average molecular weight is 575 g/mol. The number of ether oxygens (including phenoxy) is 1. The van der Waals surface area contributed by atoms with E-state index >= 15 is 0 Å². The number of carbonyl (C=O) groups is 1. The maximum Gasteiger partial charge on any atom is 0.374 e. The molecule has 6 rings (SSSR count). The first kappa shape index (κ1) is 26.9. The molecule has 0 aliphatic carbocycles. The second-order valence-corrected chi connectivity index (χ2v) is 12.3. The third-order valence-electron chi connectivity index (χ3n) is 7.63. The lowest BCUT2D eigenvalue weighted by molar-refractivity contribution is -0.651. The second-order valence-electron chi connectivity index (χ2n) is 10.6. The maximum atomic E-state index is 12.0. The van der Waals surface area contributed by atoms with Crippen molar-refractivity contribution in [1.29, 1.82) is 0 Å². The van der Waals surface area contributed by atoms with E-state index in [1.807, 2.05) is 66.9 Å². The summed E-state index contributed by atoms with van der Waals surface area (Å²) in [7, 11) is 0.275. The third-order valence-corrected chi connectivity index (χ3v) is 8.36. The summed E-state index contributed by atoms with van der Waals surface area (Å²) in [6.45, 7) is 2.33. The lowest BCUT2D eigenvalue weighted by atomic mass is 10.1. The zero-order chi connectivity index (χ0) is 29.1. The molecule has 3 heterocycles. The van der Waals surface area contributed by atoms with Gasteiger partial charge in [0.05, 0.1) is 35.4 Å². The number of fused-ring (bicyclic) bond motifs is 4. The van der Waals surface area contributed by atoms with E-state index in [0.29, 0.717) is 36.2 Å². The standard InChI is InChI=1S/C30H30N4O6S/c1-18(16-27-33(3)28-21-8-6-5-7-19(21)9-11-25(28)40-27)15-26-32(2)23-17-20(10-12-24(23)39-26)34-14-13-22(29(34)30(35)36)31-41(4,37)38/h5-12,15-17,22,29,31H,13-14H2,1-4H3. The highest BCUT2D eigenvalue weighted by Gasteiger charge is 2.37. The Morgan fingerprint density at radius 1 is 1.17 bits per heavy atom. The number of hydrogen-bond donors (Lipinski definition) is 1. The van der Waals surface area contributed by atoms with Gasteiger partial charge in [0, 0.05) is 31.4 Å². The number of carboxylic acid groups (broad SMARTS) is 1. The predicted molar refractivity (Wildman–Crippen MR) is 155 cm³/mol. The highest BCUT2D eigenvalue weighted by molar-refractivity contribution is 7.88. The van der Waals surface area contributed by atoms with Crippen LogP contribution in [-0.2, 0) is 21.9 Å². The first-order valence-corrected chi connectivity index (χ1v) is 15.1. The van der Waals surface area contributed by atoms with Crippen LogP contribution in [-0.4, -0.2) is 46.3 Å². The molecule has 2 unspecified atom stereocenters. The smallest absolute Gasteiger partial charge is 0.374 e. The van der Waals surface area contributed by atoms with Crippen LogP contribution in [0.2, 0.25) is 0 Å². The number of aliphatic carboxylic acids is 1. The largest absolute Gasteiger partial charge is 0.548 e. The Bertz CT molecular complexity index is 1880. The first-order valence-electron chi connectivity index (χ1n) is 13.2. The fourth-order valence-electron chi connectivity index (χ4n) is 5.74. The van der Waals surface area contributed by atoms with Crippen molar-refractivity contribution in [3.05, 3.63) is 78.0 Å². The van der Waals surface area contributed by atoms with Crippen molar-refractivity contribution in [3.8, 4) is 5.75 Å². The van der Waals surface area contributed by atoms with Crippen LogP contribution >= 0.6 is 0 Å². The number of nitrogens with zero attached hydrogens (tertiary/aromatic N) is 3. The number of allylic oxidation sites excluding steroid dienone is 2. The number of anilines is 2. The molecule has 0 saturated carbocycles. The van der Waals surface area contributed by atoms with Crippen LogP contribution in [0, 0.1) is 0 Å². The van der Waals surface area contributed by atoms with E-state index in [-0.39, 0.29) is 0 Å². The number of aromatic nitrogens is 1. The lowest BCUT2D eigenvalue weighted by Gasteiger charge is -2.31. The van der Waals surface area contributed by atoms with Gasteiger partial charge < -0.3 is 28.9 Å². The fourth-order valence-corrected chi connectivity index (χ4v) is 6.54. The molecule has 0 bridgehead atoms. The summed E-state index contributed by atoms with van der Waals surface area (Å²) in [6, 6.07) is 15.7. The van der Waals surface area contributed by atoms with Crippen LogP contribution < -0.4 is 28.9 Å². The lowest BCUT2D eigenvalue weighted by Crippen LogP contribution is -2.54. The number of carbonyl (C=O) groups excluding carboxylic acids is 1. The molecule has 1 fully saturated rings. The van der Waals surface area contributed by atoms with E-state index in [4.69, 9.17) is 9.15 Å². The van der Waals surface area contributed by atoms with Crippen LogP contribution in [0.5, 0.6) is 5.75 Å². The molecule has 10 nitrogen and oxygen atoms in total. The number of hydrogen-bond acceptors (Lipinski definition) is 8. The Balaban J connectivity index is 1.27. The summed E-state index contributed by atoms with van der Waals surface area (Å²) in [5, 5.41) is 14.3. The Labute approximate surface area is 237 Å². The highest BCUT2D eigenvalue weighted by atomic mass is 32.2. The molecule has 3 aromatic carbocycles. The van der Waals surface area contributed by atoms with Gasteiger partial charge in [0.15, 0.2) is 5.75 Å². The van der Waals surface area contributed by atoms with Crippen LogP contribution in [0.4, 0.5) is 11.4 Å². The molecule has 212 valence electrons. The van der Waals surface area contributed by atoms with Crippen molar-refractivity contribution in [2.24, 2.45) is 7.05 Å². The molecule has 11 heteroatoms. The molecule has 2 aliphatic heterocycles. The van der Waals surface area contributed by atoms with Crippen LogP contribution in [0.25, 0.3) is 27.9 Å².